The number of alkyl halides is 1. The van der Waals surface area contributed by atoms with E-state index in [1.165, 1.54) is 7.11 Å². The second-order valence-electron chi connectivity index (χ2n) is 3.80. The molecule has 1 amide bonds. The Morgan fingerprint density at radius 2 is 2.35 bits per heavy atom. The maximum Gasteiger partial charge on any atom is 0.228 e. The Labute approximate surface area is 104 Å². The van der Waals surface area contributed by atoms with Crippen LogP contribution in [-0.2, 0) is 4.79 Å². The van der Waals surface area contributed by atoms with Crippen LogP contribution in [0.15, 0.2) is 18.2 Å². The van der Waals surface area contributed by atoms with Gasteiger partial charge in [0.05, 0.1) is 18.1 Å². The van der Waals surface area contributed by atoms with Crippen LogP contribution < -0.4 is 9.64 Å². The Bertz CT molecular complexity index is 496. The Balaban J connectivity index is 2.35. The largest absolute Gasteiger partial charge is 0.495 e. The lowest BCUT2D eigenvalue weighted by Gasteiger charge is -2.16. The second-order valence-corrected chi connectivity index (χ2v) is 4.42. The van der Waals surface area contributed by atoms with Gasteiger partial charge in [0.15, 0.2) is 0 Å². The van der Waals surface area contributed by atoms with Crippen molar-refractivity contribution in [1.29, 1.82) is 5.26 Å². The average Bonchev–Trinajstić information content (AvgIpc) is 2.67. The lowest BCUT2D eigenvalue weighted by molar-refractivity contribution is -0.117. The van der Waals surface area contributed by atoms with Crippen molar-refractivity contribution >= 4 is 23.2 Å². The Hall–Kier alpha value is -1.73. The van der Waals surface area contributed by atoms with Crippen molar-refractivity contribution in [3.63, 3.8) is 0 Å². The zero-order valence-electron chi connectivity index (χ0n) is 9.31. The number of halogens is 1. The number of anilines is 1. The monoisotopic (exact) mass is 250 g/mol. The number of benzene rings is 1. The number of amides is 1. The molecule has 0 saturated carbocycles. The fraction of sp³-hybridized carbons (Fsp3) is 0.333. The number of carbonyl (C=O) groups excluding carboxylic acids is 1. The molecule has 1 aromatic rings. The molecule has 1 aromatic carbocycles. The van der Waals surface area contributed by atoms with Crippen LogP contribution >= 0.6 is 11.6 Å². The Morgan fingerprint density at radius 1 is 1.59 bits per heavy atom. The number of ether oxygens (including phenoxy) is 1. The summed E-state index contributed by atoms with van der Waals surface area (Å²) in [7, 11) is 1.51. The van der Waals surface area contributed by atoms with Gasteiger partial charge in [0.2, 0.25) is 5.91 Å². The average molecular weight is 251 g/mol. The van der Waals surface area contributed by atoms with Gasteiger partial charge in [-0.25, -0.2) is 0 Å². The van der Waals surface area contributed by atoms with Crippen LogP contribution in [0.25, 0.3) is 0 Å². The van der Waals surface area contributed by atoms with E-state index in [-0.39, 0.29) is 11.3 Å². The smallest absolute Gasteiger partial charge is 0.228 e. The zero-order chi connectivity index (χ0) is 12.4. The lowest BCUT2D eigenvalue weighted by atomic mass is 10.2. The quantitative estimate of drug-likeness (QED) is 0.754. The molecule has 1 aliphatic heterocycles. The van der Waals surface area contributed by atoms with E-state index < -0.39 is 0 Å². The minimum absolute atomic E-state index is 0.0148. The van der Waals surface area contributed by atoms with Crippen LogP contribution in [0.5, 0.6) is 5.75 Å². The molecule has 1 aliphatic rings. The summed E-state index contributed by atoms with van der Waals surface area (Å²) in [4.78, 5) is 13.3. The van der Waals surface area contributed by atoms with Crippen molar-refractivity contribution in [3.8, 4) is 11.8 Å². The highest BCUT2D eigenvalue weighted by Gasteiger charge is 2.29. The molecule has 4 nitrogen and oxygen atoms in total. The summed E-state index contributed by atoms with van der Waals surface area (Å²) in [5.74, 6) is 0.490. The molecule has 0 bridgehead atoms. The first kappa shape index (κ1) is 11.7. The SMILES string of the molecule is COc1ccc(N2CC(Cl)CC2=O)cc1C#N. The zero-order valence-corrected chi connectivity index (χ0v) is 10.1. The van der Waals surface area contributed by atoms with Crippen molar-refractivity contribution in [2.24, 2.45) is 0 Å². The standard InChI is InChI=1S/C12H11ClN2O2/c1-17-11-3-2-10(4-8(11)6-14)15-7-9(13)5-12(15)16/h2-4,9H,5,7H2,1H3. The number of carbonyl (C=O) groups is 1. The molecule has 5 heteroatoms. The first-order chi connectivity index (χ1) is 8.15. The third-order valence-corrected chi connectivity index (χ3v) is 2.99. The molecule has 0 spiro atoms. The highest BCUT2D eigenvalue weighted by molar-refractivity contribution is 6.24. The number of methoxy groups -OCH3 is 1. The van der Waals surface area contributed by atoms with Crippen molar-refractivity contribution in [2.75, 3.05) is 18.6 Å². The summed E-state index contributed by atoms with van der Waals surface area (Å²) in [6.45, 7) is 0.484. The highest BCUT2D eigenvalue weighted by Crippen LogP contribution is 2.28. The minimum Gasteiger partial charge on any atom is -0.495 e. The predicted octanol–water partition coefficient (Wildman–Crippen LogP) is 1.91. The number of hydrogen-bond acceptors (Lipinski definition) is 3. The van der Waals surface area contributed by atoms with Crippen LogP contribution in [0.2, 0.25) is 0 Å². The van der Waals surface area contributed by atoms with Crippen molar-refractivity contribution in [1.82, 2.24) is 0 Å². The molecular formula is C12H11ClN2O2. The normalized spacial score (nSPS) is 19.2. The van der Waals surface area contributed by atoms with Gasteiger partial charge >= 0.3 is 0 Å². The van der Waals surface area contributed by atoms with Gasteiger partial charge in [-0.05, 0) is 18.2 Å². The van der Waals surface area contributed by atoms with E-state index >= 15 is 0 Å². The topological polar surface area (TPSA) is 53.3 Å². The summed E-state index contributed by atoms with van der Waals surface area (Å²) in [5, 5.41) is 8.82. The second kappa shape index (κ2) is 4.64. The number of rotatable bonds is 2. The molecular weight excluding hydrogens is 240 g/mol. The first-order valence-corrected chi connectivity index (χ1v) is 5.62. The van der Waals surface area contributed by atoms with Gasteiger partial charge in [0, 0.05) is 18.7 Å². The Kier molecular flexibility index (Phi) is 3.21. The van der Waals surface area contributed by atoms with Gasteiger partial charge in [-0.1, -0.05) is 0 Å². The van der Waals surface area contributed by atoms with E-state index in [0.717, 1.165) is 0 Å². The molecule has 0 N–H and O–H groups in total. The van der Waals surface area contributed by atoms with E-state index in [0.29, 0.717) is 30.0 Å². The van der Waals surface area contributed by atoms with E-state index in [4.69, 9.17) is 21.6 Å². The molecule has 0 radical (unpaired) electrons. The maximum absolute atomic E-state index is 11.7. The summed E-state index contributed by atoms with van der Waals surface area (Å²) in [6, 6.07) is 7.12. The van der Waals surface area contributed by atoms with Crippen LogP contribution in [0.1, 0.15) is 12.0 Å². The third kappa shape index (κ3) is 2.20. The molecule has 1 unspecified atom stereocenters. The van der Waals surface area contributed by atoms with Crippen molar-refractivity contribution < 1.29 is 9.53 Å². The lowest BCUT2D eigenvalue weighted by Crippen LogP contribution is -2.24. The van der Waals surface area contributed by atoms with Gasteiger partial charge < -0.3 is 9.64 Å². The molecule has 0 aromatic heterocycles. The van der Waals surface area contributed by atoms with Crippen molar-refractivity contribution in [3.05, 3.63) is 23.8 Å². The Morgan fingerprint density at radius 3 is 2.88 bits per heavy atom. The predicted molar refractivity (Wildman–Crippen MR) is 64.3 cm³/mol. The van der Waals surface area contributed by atoms with Gasteiger partial charge in [0.25, 0.3) is 0 Å². The number of hydrogen-bond donors (Lipinski definition) is 0. The molecule has 2 rings (SSSR count). The van der Waals surface area contributed by atoms with Crippen LogP contribution in [0, 0.1) is 11.3 Å². The fourth-order valence-electron chi connectivity index (χ4n) is 1.86. The third-order valence-electron chi connectivity index (χ3n) is 2.69. The molecule has 1 saturated heterocycles. The number of nitrogens with zero attached hydrogens (tertiary/aromatic N) is 2. The summed E-state index contributed by atoms with van der Waals surface area (Å²) in [6.07, 6.45) is 0.343. The maximum atomic E-state index is 11.7. The van der Waals surface area contributed by atoms with E-state index in [1.807, 2.05) is 6.07 Å². The van der Waals surface area contributed by atoms with Gasteiger partial charge in [-0.3, -0.25) is 4.79 Å². The van der Waals surface area contributed by atoms with Crippen LogP contribution in [-0.4, -0.2) is 24.9 Å². The molecule has 1 atom stereocenters. The number of nitriles is 1. The fourth-order valence-corrected chi connectivity index (χ4v) is 2.13. The van der Waals surface area contributed by atoms with E-state index in [1.54, 1.807) is 23.1 Å². The molecule has 1 heterocycles. The summed E-state index contributed by atoms with van der Waals surface area (Å²) >= 11 is 5.93. The van der Waals surface area contributed by atoms with Crippen LogP contribution in [0.3, 0.4) is 0 Å². The van der Waals surface area contributed by atoms with Gasteiger partial charge in [0.1, 0.15) is 11.8 Å². The minimum atomic E-state index is -0.157. The first-order valence-electron chi connectivity index (χ1n) is 5.18. The van der Waals surface area contributed by atoms with Crippen molar-refractivity contribution in [2.45, 2.75) is 11.8 Å². The summed E-state index contributed by atoms with van der Waals surface area (Å²) in [5.41, 5.74) is 1.10. The molecule has 0 aliphatic carbocycles. The van der Waals surface area contributed by atoms with E-state index in [2.05, 4.69) is 0 Å². The summed E-state index contributed by atoms with van der Waals surface area (Å²) < 4.78 is 5.05. The molecule has 17 heavy (non-hydrogen) atoms. The molecule has 1 fully saturated rings. The van der Waals surface area contributed by atoms with E-state index in [9.17, 15) is 4.79 Å². The van der Waals surface area contributed by atoms with Gasteiger partial charge in [-0.2, -0.15) is 5.26 Å². The highest BCUT2D eigenvalue weighted by atomic mass is 35.5. The van der Waals surface area contributed by atoms with Gasteiger partial charge in [-0.15, -0.1) is 11.6 Å². The molecule has 88 valence electrons. The van der Waals surface area contributed by atoms with Crippen LogP contribution in [0.4, 0.5) is 5.69 Å².